The summed E-state index contributed by atoms with van der Waals surface area (Å²) in [6, 6.07) is 1.96. The van der Waals surface area contributed by atoms with Gasteiger partial charge in [0.25, 0.3) is 0 Å². The highest BCUT2D eigenvalue weighted by Crippen LogP contribution is 2.06. The molecule has 3 heteroatoms. The molecular formula is C10H15N3. The van der Waals surface area contributed by atoms with E-state index >= 15 is 0 Å². The monoisotopic (exact) mass is 177 g/mol. The highest BCUT2D eigenvalue weighted by molar-refractivity contribution is 5.45. The molecular weight excluding hydrogens is 162 g/mol. The van der Waals surface area contributed by atoms with Crippen molar-refractivity contribution in [2.24, 2.45) is 0 Å². The van der Waals surface area contributed by atoms with Crippen LogP contribution in [0.1, 0.15) is 25.1 Å². The van der Waals surface area contributed by atoms with Gasteiger partial charge in [0.05, 0.1) is 11.9 Å². The van der Waals surface area contributed by atoms with E-state index in [0.29, 0.717) is 0 Å². The zero-order valence-electron chi connectivity index (χ0n) is 8.57. The Hall–Kier alpha value is -1.38. The van der Waals surface area contributed by atoms with Crippen molar-refractivity contribution in [2.75, 3.05) is 0 Å². The highest BCUT2D eigenvalue weighted by Gasteiger charge is 1.99. The minimum atomic E-state index is 0.949. The fourth-order valence-corrected chi connectivity index (χ4v) is 1.13. The molecule has 0 amide bonds. The summed E-state index contributed by atoms with van der Waals surface area (Å²) < 4.78 is 1.80. The van der Waals surface area contributed by atoms with Gasteiger partial charge < -0.3 is 0 Å². The van der Waals surface area contributed by atoms with Gasteiger partial charge in [0.2, 0.25) is 0 Å². The van der Waals surface area contributed by atoms with Crippen molar-refractivity contribution in [1.82, 2.24) is 14.6 Å². The van der Waals surface area contributed by atoms with E-state index in [9.17, 15) is 0 Å². The molecule has 2 rings (SSSR count). The van der Waals surface area contributed by atoms with E-state index in [1.165, 1.54) is 0 Å². The van der Waals surface area contributed by atoms with Gasteiger partial charge >= 0.3 is 0 Å². The lowest BCUT2D eigenvalue weighted by atomic mass is 10.3. The summed E-state index contributed by atoms with van der Waals surface area (Å²) in [5, 5.41) is 4.12. The average Bonchev–Trinajstić information content (AvgIpc) is 2.51. The van der Waals surface area contributed by atoms with Gasteiger partial charge in [0, 0.05) is 6.20 Å². The van der Waals surface area contributed by atoms with Crippen LogP contribution in [0.25, 0.3) is 5.65 Å². The van der Waals surface area contributed by atoms with Crippen LogP contribution in [0.2, 0.25) is 0 Å². The number of fused-ring (bicyclic) bond motifs is 1. The van der Waals surface area contributed by atoms with Gasteiger partial charge in [0.15, 0.2) is 5.65 Å². The summed E-state index contributed by atoms with van der Waals surface area (Å²) in [4.78, 5) is 4.31. The second kappa shape index (κ2) is 4.03. The fraction of sp³-hybridized carbons (Fsp3) is 0.400. The minimum absolute atomic E-state index is 0.949. The van der Waals surface area contributed by atoms with Gasteiger partial charge in [-0.05, 0) is 25.5 Å². The molecule has 0 spiro atoms. The van der Waals surface area contributed by atoms with Gasteiger partial charge in [-0.25, -0.2) is 9.50 Å². The molecule has 0 atom stereocenters. The van der Waals surface area contributed by atoms with Crippen LogP contribution in [0, 0.1) is 13.8 Å². The summed E-state index contributed by atoms with van der Waals surface area (Å²) in [6.45, 7) is 8.00. The highest BCUT2D eigenvalue weighted by atomic mass is 15.2. The molecule has 2 aromatic rings. The van der Waals surface area contributed by atoms with E-state index in [4.69, 9.17) is 0 Å². The smallest absolute Gasteiger partial charge is 0.156 e. The molecule has 2 heterocycles. The maximum Gasteiger partial charge on any atom is 0.156 e. The summed E-state index contributed by atoms with van der Waals surface area (Å²) in [5.41, 5.74) is 3.12. The Labute approximate surface area is 78.4 Å². The van der Waals surface area contributed by atoms with Crippen LogP contribution in [-0.2, 0) is 0 Å². The maximum atomic E-state index is 4.31. The van der Waals surface area contributed by atoms with E-state index in [1.807, 2.05) is 40.0 Å². The van der Waals surface area contributed by atoms with Crippen LogP contribution >= 0.6 is 0 Å². The Morgan fingerprint density at radius 1 is 1.23 bits per heavy atom. The number of nitrogens with zero attached hydrogens (tertiary/aromatic N) is 3. The number of imidazole rings is 1. The fourth-order valence-electron chi connectivity index (χ4n) is 1.13. The van der Waals surface area contributed by atoms with Crippen molar-refractivity contribution in [2.45, 2.75) is 27.7 Å². The molecule has 0 bridgehead atoms. The van der Waals surface area contributed by atoms with Crippen molar-refractivity contribution in [1.29, 1.82) is 0 Å². The molecule has 70 valence electrons. The van der Waals surface area contributed by atoms with E-state index < -0.39 is 0 Å². The molecule has 0 saturated heterocycles. The third kappa shape index (κ3) is 1.86. The van der Waals surface area contributed by atoms with Crippen molar-refractivity contribution < 1.29 is 0 Å². The first kappa shape index (κ1) is 9.71. The van der Waals surface area contributed by atoms with Crippen LogP contribution in [0.3, 0.4) is 0 Å². The molecule has 0 fully saturated rings. The number of hydrogen-bond donors (Lipinski definition) is 0. The molecule has 2 aromatic heterocycles. The molecule has 0 N–H and O–H groups in total. The lowest BCUT2D eigenvalue weighted by molar-refractivity contribution is 0.926. The molecule has 3 nitrogen and oxygen atoms in total. The van der Waals surface area contributed by atoms with Crippen molar-refractivity contribution in [3.8, 4) is 0 Å². The Bertz CT molecular complexity index is 390. The number of rotatable bonds is 0. The first-order valence-electron chi connectivity index (χ1n) is 4.55. The minimum Gasteiger partial charge on any atom is -0.232 e. The number of hydrogen-bond acceptors (Lipinski definition) is 2. The van der Waals surface area contributed by atoms with Gasteiger partial charge in [-0.15, -0.1) is 0 Å². The summed E-state index contributed by atoms with van der Waals surface area (Å²) in [7, 11) is 0. The molecule has 0 aromatic carbocycles. The Morgan fingerprint density at radius 3 is 2.54 bits per heavy atom. The Morgan fingerprint density at radius 2 is 1.92 bits per heavy atom. The molecule has 0 aliphatic carbocycles. The average molecular weight is 177 g/mol. The SMILES string of the molecule is CC.Cc1cn2nccc(C)c2n1. The Balaban J connectivity index is 0.000000396. The molecule has 0 aliphatic heterocycles. The van der Waals surface area contributed by atoms with Gasteiger partial charge in [-0.2, -0.15) is 5.10 Å². The lowest BCUT2D eigenvalue weighted by Crippen LogP contribution is -1.90. The van der Waals surface area contributed by atoms with Crippen LogP contribution in [0.4, 0.5) is 0 Å². The van der Waals surface area contributed by atoms with Crippen LogP contribution in [-0.4, -0.2) is 14.6 Å². The predicted molar refractivity (Wildman–Crippen MR) is 53.8 cm³/mol. The van der Waals surface area contributed by atoms with Crippen LogP contribution < -0.4 is 0 Å². The summed E-state index contributed by atoms with van der Waals surface area (Å²) in [6.07, 6.45) is 3.70. The van der Waals surface area contributed by atoms with Gasteiger partial charge in [0.1, 0.15) is 0 Å². The van der Waals surface area contributed by atoms with Crippen LogP contribution in [0.5, 0.6) is 0 Å². The van der Waals surface area contributed by atoms with Crippen molar-refractivity contribution >= 4 is 5.65 Å². The maximum absolute atomic E-state index is 4.31. The standard InChI is InChI=1S/C8H9N3.C2H6/c1-6-3-4-9-11-5-7(2)10-8(6)11;1-2/h3-5H,1-2H3;1-2H3. The lowest BCUT2D eigenvalue weighted by Gasteiger charge is -1.92. The largest absolute Gasteiger partial charge is 0.232 e. The molecule has 0 radical (unpaired) electrons. The summed E-state index contributed by atoms with van der Waals surface area (Å²) >= 11 is 0. The molecule has 0 aliphatic rings. The second-order valence-electron chi connectivity index (χ2n) is 2.66. The number of aryl methyl sites for hydroxylation is 2. The first-order valence-corrected chi connectivity index (χ1v) is 4.55. The topological polar surface area (TPSA) is 30.2 Å². The Kier molecular flexibility index (Phi) is 3.01. The normalized spacial score (nSPS) is 9.54. The van der Waals surface area contributed by atoms with E-state index in [-0.39, 0.29) is 0 Å². The zero-order chi connectivity index (χ0) is 9.84. The predicted octanol–water partition coefficient (Wildman–Crippen LogP) is 2.37. The third-order valence-electron chi connectivity index (χ3n) is 1.68. The number of aromatic nitrogens is 3. The molecule has 0 unspecified atom stereocenters. The quantitative estimate of drug-likeness (QED) is 0.618. The van der Waals surface area contributed by atoms with Crippen molar-refractivity contribution in [3.63, 3.8) is 0 Å². The summed E-state index contributed by atoms with van der Waals surface area (Å²) in [5.74, 6) is 0. The van der Waals surface area contributed by atoms with E-state index in [2.05, 4.69) is 10.1 Å². The van der Waals surface area contributed by atoms with Crippen molar-refractivity contribution in [3.05, 3.63) is 29.7 Å². The third-order valence-corrected chi connectivity index (χ3v) is 1.68. The van der Waals surface area contributed by atoms with Gasteiger partial charge in [-0.3, -0.25) is 0 Å². The first-order chi connectivity index (χ1) is 6.27. The second-order valence-corrected chi connectivity index (χ2v) is 2.66. The van der Waals surface area contributed by atoms with E-state index in [0.717, 1.165) is 16.9 Å². The molecule has 13 heavy (non-hydrogen) atoms. The van der Waals surface area contributed by atoms with Gasteiger partial charge in [-0.1, -0.05) is 13.8 Å². The van der Waals surface area contributed by atoms with E-state index in [1.54, 1.807) is 10.7 Å². The molecule has 0 saturated carbocycles. The van der Waals surface area contributed by atoms with Crippen LogP contribution in [0.15, 0.2) is 18.5 Å². The zero-order valence-corrected chi connectivity index (χ0v) is 8.57.